The zero-order valence-corrected chi connectivity index (χ0v) is 10.3. The van der Waals surface area contributed by atoms with E-state index < -0.39 is 17.4 Å². The summed E-state index contributed by atoms with van der Waals surface area (Å²) in [5, 5.41) is 4.50. The smallest absolute Gasteiger partial charge is 0.326 e. The zero-order chi connectivity index (χ0) is 14.9. The summed E-state index contributed by atoms with van der Waals surface area (Å²) in [7, 11) is 0. The fourth-order valence-corrected chi connectivity index (χ4v) is 1.63. The summed E-state index contributed by atoms with van der Waals surface area (Å²) in [6, 6.07) is 6.29. The van der Waals surface area contributed by atoms with Crippen LogP contribution in [-0.4, -0.2) is 15.7 Å². The van der Waals surface area contributed by atoms with Gasteiger partial charge in [-0.3, -0.25) is 14.7 Å². The van der Waals surface area contributed by atoms with Crippen LogP contribution < -0.4 is 10.9 Å². The third kappa shape index (κ3) is 2.90. The molecule has 0 saturated heterocycles. The lowest BCUT2D eigenvalue weighted by Crippen LogP contribution is -2.13. The Morgan fingerprint density at radius 2 is 1.85 bits per heavy atom. The van der Waals surface area contributed by atoms with Crippen LogP contribution in [0.3, 0.4) is 0 Å². The van der Waals surface area contributed by atoms with Crippen molar-refractivity contribution in [1.29, 1.82) is 0 Å². The largest absolute Gasteiger partial charge is 0.432 e. The third-order valence-electron chi connectivity index (χ3n) is 2.47. The summed E-state index contributed by atoms with van der Waals surface area (Å²) in [5.41, 5.74) is -1.21. The Morgan fingerprint density at radius 3 is 2.30 bits per heavy atom. The molecule has 0 saturated carbocycles. The lowest BCUT2D eigenvalue weighted by Gasteiger charge is -2.06. The molecule has 0 radical (unpaired) electrons. The van der Waals surface area contributed by atoms with E-state index >= 15 is 0 Å². The Labute approximate surface area is 111 Å². The lowest BCUT2D eigenvalue weighted by atomic mass is 10.3. The zero-order valence-electron chi connectivity index (χ0n) is 10.3. The van der Waals surface area contributed by atoms with Crippen LogP contribution in [0.15, 0.2) is 35.1 Å². The van der Waals surface area contributed by atoms with Gasteiger partial charge in [0.1, 0.15) is 5.69 Å². The highest BCUT2D eigenvalue weighted by Crippen LogP contribution is 2.26. The number of H-pyrrole nitrogens is 1. The minimum Gasteiger partial charge on any atom is -0.326 e. The summed E-state index contributed by atoms with van der Waals surface area (Å²) in [4.78, 5) is 22.4. The molecule has 1 amide bonds. The maximum Gasteiger partial charge on any atom is 0.432 e. The average Bonchev–Trinajstić information content (AvgIpc) is 2.71. The molecule has 0 unspecified atom stereocenters. The molecule has 0 fully saturated rings. The number of aromatic nitrogens is 2. The average molecular weight is 285 g/mol. The van der Waals surface area contributed by atoms with Crippen molar-refractivity contribution < 1.29 is 18.0 Å². The molecule has 0 aliphatic carbocycles. The van der Waals surface area contributed by atoms with Gasteiger partial charge in [-0.1, -0.05) is 0 Å². The van der Waals surface area contributed by atoms with E-state index in [1.165, 1.54) is 31.2 Å². The number of hydrogen-bond donors (Lipinski definition) is 2. The first-order valence-electron chi connectivity index (χ1n) is 5.54. The first-order valence-corrected chi connectivity index (χ1v) is 5.54. The number of amides is 1. The van der Waals surface area contributed by atoms with E-state index in [2.05, 4.69) is 5.32 Å². The number of anilines is 1. The molecule has 2 aromatic rings. The molecule has 2 rings (SSSR count). The van der Waals surface area contributed by atoms with Crippen molar-refractivity contribution >= 4 is 11.6 Å². The number of rotatable bonds is 2. The number of carbonyl (C=O) groups excluding carboxylic acids is 1. The van der Waals surface area contributed by atoms with Crippen molar-refractivity contribution in [2.75, 3.05) is 5.32 Å². The number of halogens is 3. The normalized spacial score (nSPS) is 11.4. The molecule has 106 valence electrons. The molecule has 0 atom stereocenters. The van der Waals surface area contributed by atoms with Crippen LogP contribution in [0.5, 0.6) is 0 Å². The van der Waals surface area contributed by atoms with Gasteiger partial charge in [0.05, 0.1) is 5.69 Å². The van der Waals surface area contributed by atoms with Crippen molar-refractivity contribution in [3.05, 3.63) is 46.4 Å². The topological polar surface area (TPSA) is 66.9 Å². The second-order valence-corrected chi connectivity index (χ2v) is 4.07. The van der Waals surface area contributed by atoms with Crippen LogP contribution in [0.25, 0.3) is 5.69 Å². The minimum absolute atomic E-state index is 0.236. The molecule has 1 heterocycles. The van der Waals surface area contributed by atoms with Crippen LogP contribution in [0.1, 0.15) is 12.6 Å². The fourth-order valence-electron chi connectivity index (χ4n) is 1.63. The van der Waals surface area contributed by atoms with Gasteiger partial charge in [-0.15, -0.1) is 0 Å². The number of alkyl halides is 3. The number of hydrogen-bond acceptors (Lipinski definition) is 2. The molecule has 1 aromatic carbocycles. The molecular weight excluding hydrogens is 275 g/mol. The van der Waals surface area contributed by atoms with Gasteiger partial charge in [0, 0.05) is 18.7 Å². The molecule has 1 aromatic heterocycles. The summed E-state index contributed by atoms with van der Waals surface area (Å²) < 4.78 is 38.2. The Morgan fingerprint density at radius 1 is 1.25 bits per heavy atom. The fraction of sp³-hybridized carbons (Fsp3) is 0.167. The van der Waals surface area contributed by atoms with Gasteiger partial charge in [-0.25, -0.2) is 4.68 Å². The van der Waals surface area contributed by atoms with Gasteiger partial charge in [0.2, 0.25) is 5.91 Å². The van der Waals surface area contributed by atoms with Gasteiger partial charge >= 0.3 is 6.18 Å². The van der Waals surface area contributed by atoms with Gasteiger partial charge in [0.25, 0.3) is 5.56 Å². The van der Waals surface area contributed by atoms with Gasteiger partial charge in [-0.2, -0.15) is 13.2 Å². The second kappa shape index (κ2) is 4.87. The summed E-state index contributed by atoms with van der Waals surface area (Å²) in [5.74, 6) is -0.269. The van der Waals surface area contributed by atoms with E-state index in [0.717, 1.165) is 4.68 Å². The maximum atomic E-state index is 12.5. The SMILES string of the molecule is CC(=O)Nc1ccc(-n2[nH]c(C(F)(F)F)cc2=O)cc1. The van der Waals surface area contributed by atoms with Crippen molar-refractivity contribution in [1.82, 2.24) is 9.78 Å². The van der Waals surface area contributed by atoms with Gasteiger partial charge in [0.15, 0.2) is 0 Å². The Kier molecular flexibility index (Phi) is 3.39. The molecule has 0 aliphatic rings. The maximum absolute atomic E-state index is 12.5. The van der Waals surface area contributed by atoms with Gasteiger partial charge in [-0.05, 0) is 24.3 Å². The number of carbonyl (C=O) groups is 1. The predicted molar refractivity (Wildman–Crippen MR) is 65.7 cm³/mol. The Balaban J connectivity index is 2.35. The highest BCUT2D eigenvalue weighted by molar-refractivity contribution is 5.88. The molecule has 0 bridgehead atoms. The van der Waals surface area contributed by atoms with Crippen molar-refractivity contribution in [2.24, 2.45) is 0 Å². The third-order valence-corrected chi connectivity index (χ3v) is 2.47. The molecule has 5 nitrogen and oxygen atoms in total. The second-order valence-electron chi connectivity index (χ2n) is 4.07. The van der Waals surface area contributed by atoms with Crippen molar-refractivity contribution in [3.8, 4) is 5.69 Å². The van der Waals surface area contributed by atoms with Crippen LogP contribution >= 0.6 is 0 Å². The summed E-state index contributed by atoms with van der Waals surface area (Å²) in [6.45, 7) is 1.33. The Hall–Kier alpha value is -2.51. The molecule has 20 heavy (non-hydrogen) atoms. The number of benzene rings is 1. The van der Waals surface area contributed by atoms with Crippen LogP contribution in [0.2, 0.25) is 0 Å². The van der Waals surface area contributed by atoms with E-state index in [4.69, 9.17) is 0 Å². The summed E-state index contributed by atoms with van der Waals surface area (Å²) in [6.07, 6.45) is -4.61. The monoisotopic (exact) mass is 285 g/mol. The van der Waals surface area contributed by atoms with E-state index in [0.29, 0.717) is 11.8 Å². The standard InChI is InChI=1S/C12H10F3N3O2/c1-7(19)16-8-2-4-9(5-3-8)18-11(20)6-10(17-18)12(13,14)15/h2-6,17H,1H3,(H,16,19). The van der Waals surface area contributed by atoms with Crippen molar-refractivity contribution in [2.45, 2.75) is 13.1 Å². The number of nitrogens with zero attached hydrogens (tertiary/aromatic N) is 1. The van der Waals surface area contributed by atoms with E-state index in [9.17, 15) is 22.8 Å². The minimum atomic E-state index is -4.61. The highest BCUT2D eigenvalue weighted by Gasteiger charge is 2.33. The summed E-state index contributed by atoms with van der Waals surface area (Å²) >= 11 is 0. The van der Waals surface area contributed by atoms with Crippen LogP contribution in [0, 0.1) is 0 Å². The van der Waals surface area contributed by atoms with E-state index in [1.54, 1.807) is 0 Å². The quantitative estimate of drug-likeness (QED) is 0.887. The van der Waals surface area contributed by atoms with Crippen LogP contribution in [-0.2, 0) is 11.0 Å². The van der Waals surface area contributed by atoms with E-state index in [1.807, 2.05) is 5.10 Å². The predicted octanol–water partition coefficient (Wildman–Crippen LogP) is 2.14. The first kappa shape index (κ1) is 13.9. The van der Waals surface area contributed by atoms with E-state index in [-0.39, 0.29) is 11.6 Å². The first-order chi connectivity index (χ1) is 9.27. The highest BCUT2D eigenvalue weighted by atomic mass is 19.4. The van der Waals surface area contributed by atoms with Gasteiger partial charge < -0.3 is 5.32 Å². The van der Waals surface area contributed by atoms with Crippen molar-refractivity contribution in [3.63, 3.8) is 0 Å². The molecule has 8 heteroatoms. The number of aromatic amines is 1. The number of nitrogens with one attached hydrogen (secondary N) is 2. The molecule has 0 spiro atoms. The molecule has 0 aliphatic heterocycles. The lowest BCUT2D eigenvalue weighted by molar-refractivity contribution is -0.141. The Bertz CT molecular complexity index is 683. The molecular formula is C12H10F3N3O2. The van der Waals surface area contributed by atoms with Crippen LogP contribution in [0.4, 0.5) is 18.9 Å². The molecule has 2 N–H and O–H groups in total.